The Balaban J connectivity index is 0.000000309. The minimum atomic E-state index is -0.907. The van der Waals surface area contributed by atoms with Crippen LogP contribution in [0.3, 0.4) is 0 Å². The summed E-state index contributed by atoms with van der Waals surface area (Å²) < 4.78 is 32.8. The molecule has 0 bridgehead atoms. The molecule has 12 aromatic carbocycles. The minimum absolute atomic E-state index is 0.215. The standard InChI is InChI=1S/C27H25FNP.C18H24NP.C15H17FNP.C14H16NP.C13H14NOP.4C6H14/c1-19-16-20(2)27(21(3)17-19)29-25-15-14-22(28)18-26(25)30(23-10-6-4-7-11-23)24-12-8-5-9-13-24;1-12(2)14-8-7-9-15(13(3)4)18(14)19-16-10-5-6-11-17(16)20;1-9-6-10(2)15(11(3)7-9)17-13-5-4-12(16)8-14(13)18;1-10-6-5-7-11(2)14(10)15-12-8-3-4-9-13(12)16;1-15-12-8-4-2-6-10(12)14-11-7-3-5-9-13(11)16;4*1-3-5-6-4-2/h4-18,29H,1-3H3;5-13,19H,20H2,1-4H3;4-8,17H,18H2,1-3H3;3-9,15H,16H2,1-2H3;2-9,14H,16H2,1H3;4*3-6H2,1-2H3. The number of para-hydroxylation sites is 7. The van der Waals surface area contributed by atoms with E-state index in [2.05, 4.69) is 323 Å². The molecule has 0 heterocycles. The summed E-state index contributed by atoms with van der Waals surface area (Å²) in [6.45, 7) is 43.7. The third kappa shape index (κ3) is 39.1. The van der Waals surface area contributed by atoms with E-state index in [0.29, 0.717) is 11.8 Å². The number of rotatable bonds is 28. The van der Waals surface area contributed by atoms with Crippen LogP contribution >= 0.6 is 44.9 Å². The van der Waals surface area contributed by atoms with Crippen molar-refractivity contribution in [2.45, 2.75) is 253 Å². The number of anilines is 10. The zero-order valence-corrected chi connectivity index (χ0v) is 84.7. The van der Waals surface area contributed by atoms with Crippen LogP contribution in [-0.4, -0.2) is 7.11 Å². The van der Waals surface area contributed by atoms with Crippen LogP contribution in [0.5, 0.6) is 5.75 Å². The second-order valence-corrected chi connectivity index (χ2v) is 36.9. The molecule has 13 heteroatoms. The number of nitrogens with one attached hydrogen (secondary N) is 5. The van der Waals surface area contributed by atoms with Crippen molar-refractivity contribution in [3.63, 3.8) is 0 Å². The van der Waals surface area contributed by atoms with Crippen LogP contribution in [0.4, 0.5) is 65.7 Å². The maximum Gasteiger partial charge on any atom is 0.142 e. The molecule has 0 spiro atoms. The Morgan fingerprint density at radius 1 is 0.282 bits per heavy atom. The van der Waals surface area contributed by atoms with Gasteiger partial charge in [-0.3, -0.25) is 0 Å². The first-order valence-corrected chi connectivity index (χ1v) is 48.9. The van der Waals surface area contributed by atoms with Crippen LogP contribution in [0, 0.1) is 67.0 Å². The molecule has 666 valence electrons. The number of benzene rings is 12. The highest BCUT2D eigenvalue weighted by Gasteiger charge is 2.22. The summed E-state index contributed by atoms with van der Waals surface area (Å²) in [5.41, 5.74) is 23.4. The molecule has 0 amide bonds. The molecule has 4 atom stereocenters. The molecule has 0 aromatic heterocycles. The van der Waals surface area contributed by atoms with Gasteiger partial charge < -0.3 is 31.3 Å². The Morgan fingerprint density at radius 3 is 0.919 bits per heavy atom. The molecule has 12 rings (SSSR count). The molecule has 5 N–H and O–H groups in total. The van der Waals surface area contributed by atoms with E-state index in [-0.39, 0.29) is 11.6 Å². The highest BCUT2D eigenvalue weighted by molar-refractivity contribution is 7.80. The van der Waals surface area contributed by atoms with Gasteiger partial charge in [-0.25, -0.2) is 8.78 Å². The number of ether oxygens (including phenoxy) is 1. The van der Waals surface area contributed by atoms with Crippen molar-refractivity contribution in [3.05, 3.63) is 322 Å². The molecule has 0 aliphatic rings. The van der Waals surface area contributed by atoms with Gasteiger partial charge in [-0.2, -0.15) is 0 Å². The van der Waals surface area contributed by atoms with E-state index >= 15 is 0 Å². The van der Waals surface area contributed by atoms with E-state index < -0.39 is 7.92 Å². The van der Waals surface area contributed by atoms with Crippen molar-refractivity contribution in [1.82, 2.24) is 0 Å². The van der Waals surface area contributed by atoms with Crippen LogP contribution in [0.25, 0.3) is 0 Å². The lowest BCUT2D eigenvalue weighted by atomic mass is 9.92. The quantitative estimate of drug-likeness (QED) is 0.0249. The number of unbranched alkanes of at least 4 members (excludes halogenated alkanes) is 12. The van der Waals surface area contributed by atoms with Gasteiger partial charge in [0.15, 0.2) is 0 Å². The first-order chi connectivity index (χ1) is 59.6. The van der Waals surface area contributed by atoms with Crippen molar-refractivity contribution >= 4 is 139 Å². The Hall–Kier alpha value is -8.55. The zero-order chi connectivity index (χ0) is 91.3. The summed E-state index contributed by atoms with van der Waals surface area (Å²) in [6, 6.07) is 84.8. The van der Waals surface area contributed by atoms with Crippen molar-refractivity contribution < 1.29 is 13.5 Å². The van der Waals surface area contributed by atoms with E-state index in [0.717, 1.165) is 67.2 Å². The Bertz CT molecular complexity index is 4800. The van der Waals surface area contributed by atoms with Crippen molar-refractivity contribution in [1.29, 1.82) is 0 Å². The minimum Gasteiger partial charge on any atom is -0.495 e. The van der Waals surface area contributed by atoms with Crippen LogP contribution in [-0.2, 0) is 0 Å². The second-order valence-electron chi connectivity index (χ2n) is 32.3. The third-order valence-electron chi connectivity index (χ3n) is 20.6. The van der Waals surface area contributed by atoms with Crippen molar-refractivity contribution in [2.24, 2.45) is 0 Å². The number of hydrogen-bond donors (Lipinski definition) is 5. The van der Waals surface area contributed by atoms with Crippen LogP contribution in [0.1, 0.15) is 253 Å². The summed E-state index contributed by atoms with van der Waals surface area (Å²) >= 11 is 0. The maximum atomic E-state index is 14.5. The van der Waals surface area contributed by atoms with Gasteiger partial charge >= 0.3 is 0 Å². The molecule has 0 saturated heterocycles. The topological polar surface area (TPSA) is 69.4 Å². The van der Waals surface area contributed by atoms with E-state index in [1.54, 1.807) is 19.2 Å². The smallest absolute Gasteiger partial charge is 0.142 e. The number of aryl methyl sites for hydroxylation is 8. The Kier molecular flexibility index (Phi) is 53.7. The fourth-order valence-electron chi connectivity index (χ4n) is 13.7. The lowest BCUT2D eigenvalue weighted by Gasteiger charge is -2.24. The average Bonchev–Trinajstić information content (AvgIpc) is 0.774. The van der Waals surface area contributed by atoms with E-state index in [1.807, 2.05) is 103 Å². The second kappa shape index (κ2) is 61.8. The van der Waals surface area contributed by atoms with Crippen LogP contribution < -0.4 is 68.5 Å². The lowest BCUT2D eigenvalue weighted by molar-refractivity contribution is 0.417. The summed E-state index contributed by atoms with van der Waals surface area (Å²) in [6.07, 6.45) is 22.1. The number of halogens is 2. The molecular weight excluding hydrogens is 1610 g/mol. The van der Waals surface area contributed by atoms with Crippen LogP contribution in [0.15, 0.2) is 255 Å². The molecular formula is C111H152F2N5OP5. The molecule has 0 fully saturated rings. The molecule has 6 nitrogen and oxygen atoms in total. The van der Waals surface area contributed by atoms with Gasteiger partial charge in [0.25, 0.3) is 0 Å². The number of methoxy groups -OCH3 is 1. The van der Waals surface area contributed by atoms with E-state index in [4.69, 9.17) is 4.74 Å². The van der Waals surface area contributed by atoms with Gasteiger partial charge in [-0.15, -0.1) is 37.0 Å². The number of hydrogen-bond acceptors (Lipinski definition) is 6. The molecule has 0 saturated carbocycles. The zero-order valence-electron chi connectivity index (χ0n) is 79.1. The summed E-state index contributed by atoms with van der Waals surface area (Å²) in [5.74, 6) is 1.42. The van der Waals surface area contributed by atoms with Crippen LogP contribution in [0.2, 0.25) is 0 Å². The molecule has 124 heavy (non-hydrogen) atoms. The molecule has 0 radical (unpaired) electrons. The maximum absolute atomic E-state index is 14.5. The SMILES string of the molecule is CC(C)c1cccc(C(C)C)c1Nc1ccccc1P.CCCCCC.CCCCCC.CCCCCC.CCCCCC.COc1ccccc1Nc1ccccc1P.Cc1cc(C)c(Nc2ccc(F)cc2P(c2ccccc2)c2ccccc2)c(C)c1.Cc1cc(C)c(Nc2ccc(F)cc2P)c(C)c1.Cc1cccc(C)c1Nc1ccccc1P. The van der Waals surface area contributed by atoms with Gasteiger partial charge in [0.05, 0.1) is 12.8 Å². The van der Waals surface area contributed by atoms with Gasteiger partial charge in [-0.1, -0.05) is 385 Å². The van der Waals surface area contributed by atoms with Crippen molar-refractivity contribution in [3.8, 4) is 5.75 Å². The largest absolute Gasteiger partial charge is 0.495 e. The first kappa shape index (κ1) is 108. The van der Waals surface area contributed by atoms with Gasteiger partial charge in [0.2, 0.25) is 0 Å². The normalized spacial score (nSPS) is 10.3. The first-order valence-electron chi connectivity index (χ1n) is 45.3. The predicted molar refractivity (Wildman–Crippen MR) is 569 cm³/mol. The van der Waals surface area contributed by atoms with Crippen molar-refractivity contribution in [2.75, 3.05) is 33.7 Å². The molecule has 0 aliphatic heterocycles. The average molecular weight is 1770 g/mol. The lowest BCUT2D eigenvalue weighted by Crippen LogP contribution is -2.23. The van der Waals surface area contributed by atoms with E-state index in [1.165, 1.54) is 209 Å². The summed E-state index contributed by atoms with van der Waals surface area (Å²) in [5, 5.41) is 25.2. The summed E-state index contributed by atoms with van der Waals surface area (Å²) in [4.78, 5) is 0. The van der Waals surface area contributed by atoms with Gasteiger partial charge in [-0.05, 0) is 218 Å². The fraction of sp³-hybridized carbons (Fsp3) is 0.351. The molecule has 12 aromatic rings. The van der Waals surface area contributed by atoms with E-state index in [9.17, 15) is 8.78 Å². The fourth-order valence-corrected chi connectivity index (χ4v) is 17.3. The Morgan fingerprint density at radius 2 is 0.573 bits per heavy atom. The van der Waals surface area contributed by atoms with Gasteiger partial charge in [0, 0.05) is 56.5 Å². The van der Waals surface area contributed by atoms with Gasteiger partial charge in [0.1, 0.15) is 17.4 Å². The highest BCUT2D eigenvalue weighted by Crippen LogP contribution is 2.39. The highest BCUT2D eigenvalue weighted by atomic mass is 31.1. The molecule has 4 unspecified atom stereocenters. The monoisotopic (exact) mass is 1760 g/mol. The summed E-state index contributed by atoms with van der Waals surface area (Å²) in [7, 11) is 11.6. The predicted octanol–water partition coefficient (Wildman–Crippen LogP) is 32.3. The third-order valence-corrected chi connectivity index (χ3v) is 25.0. The Labute approximate surface area is 761 Å². The molecule has 0 aliphatic carbocycles.